The maximum Gasteiger partial charge on any atom is 0.155 e. The first-order chi connectivity index (χ1) is 11.4. The van der Waals surface area contributed by atoms with Gasteiger partial charge < -0.3 is 0 Å². The van der Waals surface area contributed by atoms with Gasteiger partial charge in [-0.2, -0.15) is 5.26 Å². The van der Waals surface area contributed by atoms with E-state index < -0.39 is 0 Å². The molecule has 5 rings (SSSR count). The van der Waals surface area contributed by atoms with Crippen molar-refractivity contribution in [2.24, 2.45) is 52.3 Å². The summed E-state index contributed by atoms with van der Waals surface area (Å²) in [6, 6.07) is 2.72. The van der Waals surface area contributed by atoms with Crippen molar-refractivity contribution in [3.8, 4) is 6.07 Å². The molecule has 9 atom stereocenters. The molecule has 0 aliphatic heterocycles. The molecule has 0 amide bonds. The van der Waals surface area contributed by atoms with Crippen molar-refractivity contribution in [3.63, 3.8) is 0 Å². The van der Waals surface area contributed by atoms with Gasteiger partial charge in [0.05, 0.1) is 12.0 Å². The van der Waals surface area contributed by atoms with Gasteiger partial charge in [0, 0.05) is 6.42 Å². The molecule has 0 spiro atoms. The third-order valence-electron chi connectivity index (χ3n) is 9.21. The SMILES string of the molecule is C[C@H]1CC2C(CC[C@@]3(C)C2C2CC2[C@@H]3C#N)[C@@]2(C)CCC(=O)C=C12. The van der Waals surface area contributed by atoms with Gasteiger partial charge in [0.1, 0.15) is 0 Å². The molecule has 5 unspecified atom stereocenters. The van der Waals surface area contributed by atoms with Crippen LogP contribution < -0.4 is 0 Å². The van der Waals surface area contributed by atoms with Crippen LogP contribution in [0.3, 0.4) is 0 Å². The van der Waals surface area contributed by atoms with Crippen LogP contribution in [0.1, 0.15) is 59.3 Å². The van der Waals surface area contributed by atoms with E-state index in [0.717, 1.165) is 36.5 Å². The Morgan fingerprint density at radius 3 is 2.71 bits per heavy atom. The van der Waals surface area contributed by atoms with Crippen molar-refractivity contribution in [1.29, 1.82) is 5.26 Å². The third kappa shape index (κ3) is 1.65. The Morgan fingerprint density at radius 2 is 1.96 bits per heavy atom. The molecule has 2 nitrogen and oxygen atoms in total. The second kappa shape index (κ2) is 4.54. The molecule has 0 heterocycles. The van der Waals surface area contributed by atoms with Gasteiger partial charge in [-0.25, -0.2) is 0 Å². The van der Waals surface area contributed by atoms with Gasteiger partial charge in [-0.1, -0.05) is 26.3 Å². The number of carbonyl (C=O) groups excluding carboxylic acids is 1. The molecule has 0 N–H and O–H groups in total. The van der Waals surface area contributed by atoms with Crippen LogP contribution in [0.2, 0.25) is 0 Å². The van der Waals surface area contributed by atoms with Crippen LogP contribution >= 0.6 is 0 Å². The Hall–Kier alpha value is -1.10. The van der Waals surface area contributed by atoms with Crippen molar-refractivity contribution in [2.45, 2.75) is 59.3 Å². The highest BCUT2D eigenvalue weighted by Gasteiger charge is 2.70. The number of carbonyl (C=O) groups is 1. The number of nitrogens with zero attached hydrogens (tertiary/aromatic N) is 1. The van der Waals surface area contributed by atoms with E-state index in [2.05, 4.69) is 26.8 Å². The maximum atomic E-state index is 12.0. The molecule has 0 aromatic carbocycles. The lowest BCUT2D eigenvalue weighted by atomic mass is 9.44. The number of hydrogen-bond donors (Lipinski definition) is 0. The Balaban J connectivity index is 1.56. The summed E-state index contributed by atoms with van der Waals surface area (Å²) in [5.41, 5.74) is 1.98. The minimum atomic E-state index is 0.243. The monoisotopic (exact) mass is 323 g/mol. The molecule has 4 fully saturated rings. The van der Waals surface area contributed by atoms with E-state index >= 15 is 0 Å². The van der Waals surface area contributed by atoms with Crippen LogP contribution in [0, 0.1) is 63.6 Å². The fourth-order valence-electron chi connectivity index (χ4n) is 8.20. The lowest BCUT2D eigenvalue weighted by Crippen LogP contribution is -2.53. The summed E-state index contributed by atoms with van der Waals surface area (Å²) in [7, 11) is 0. The summed E-state index contributed by atoms with van der Waals surface area (Å²) in [4.78, 5) is 12.0. The highest BCUT2D eigenvalue weighted by atomic mass is 16.1. The van der Waals surface area contributed by atoms with Crippen LogP contribution in [0.4, 0.5) is 0 Å². The zero-order valence-electron chi connectivity index (χ0n) is 15.2. The Kier molecular flexibility index (Phi) is 2.87. The number of ketones is 1. The van der Waals surface area contributed by atoms with Crippen molar-refractivity contribution >= 4 is 5.78 Å². The van der Waals surface area contributed by atoms with Gasteiger partial charge in [-0.3, -0.25) is 4.79 Å². The minimum Gasteiger partial charge on any atom is -0.295 e. The summed E-state index contributed by atoms with van der Waals surface area (Å²) in [5.74, 6) is 5.02. The molecule has 24 heavy (non-hydrogen) atoms. The normalized spacial score (nSPS) is 57.8. The molecule has 0 aromatic heterocycles. The minimum absolute atomic E-state index is 0.243. The number of fused-ring (bicyclic) bond motifs is 7. The molecular formula is C22H29NO. The van der Waals surface area contributed by atoms with Gasteiger partial charge in [0.15, 0.2) is 5.78 Å². The Labute approximate surface area is 145 Å². The first kappa shape index (κ1) is 15.2. The lowest BCUT2D eigenvalue weighted by Gasteiger charge is -2.60. The lowest BCUT2D eigenvalue weighted by molar-refractivity contribution is -0.118. The zero-order valence-corrected chi connectivity index (χ0v) is 15.2. The molecule has 2 heteroatoms. The topological polar surface area (TPSA) is 40.9 Å². The standard InChI is InChI=1S/C22H29NO/c1-12-8-16-17(21(2)6-4-13(24)9-18(12)21)5-7-22(3)19(11-23)14-10-15(14)20(16)22/h9,12,14-17,19-20H,4-8,10H2,1-3H3/t12-,14?,15?,16?,17?,19-,20?,21+,22+/m0/s1. The summed E-state index contributed by atoms with van der Waals surface area (Å²) in [5, 5.41) is 9.79. The molecule has 5 aliphatic rings. The van der Waals surface area contributed by atoms with Gasteiger partial charge in [0.25, 0.3) is 0 Å². The second-order valence-electron chi connectivity index (χ2n) is 10.1. The summed E-state index contributed by atoms with van der Waals surface area (Å²) in [6.45, 7) is 7.25. The van der Waals surface area contributed by atoms with E-state index in [1.807, 2.05) is 6.08 Å². The third-order valence-corrected chi connectivity index (χ3v) is 9.21. The van der Waals surface area contributed by atoms with Crippen molar-refractivity contribution in [3.05, 3.63) is 11.6 Å². The van der Waals surface area contributed by atoms with Gasteiger partial charge in [-0.05, 0) is 84.5 Å². The number of rotatable bonds is 0. The smallest absolute Gasteiger partial charge is 0.155 e. The summed E-state index contributed by atoms with van der Waals surface area (Å²) < 4.78 is 0. The second-order valence-corrected chi connectivity index (χ2v) is 10.1. The van der Waals surface area contributed by atoms with E-state index in [0.29, 0.717) is 23.5 Å². The van der Waals surface area contributed by atoms with Crippen LogP contribution in [0.5, 0.6) is 0 Å². The van der Waals surface area contributed by atoms with Gasteiger partial charge >= 0.3 is 0 Å². The number of nitriles is 1. The van der Waals surface area contributed by atoms with E-state index in [4.69, 9.17) is 0 Å². The van der Waals surface area contributed by atoms with Crippen molar-refractivity contribution in [1.82, 2.24) is 0 Å². The number of hydrogen-bond acceptors (Lipinski definition) is 2. The molecular weight excluding hydrogens is 294 g/mol. The quantitative estimate of drug-likeness (QED) is 0.645. The van der Waals surface area contributed by atoms with Gasteiger partial charge in [0.2, 0.25) is 0 Å². The predicted molar refractivity (Wildman–Crippen MR) is 92.7 cm³/mol. The average molecular weight is 323 g/mol. The van der Waals surface area contributed by atoms with Crippen LogP contribution in [-0.2, 0) is 4.79 Å². The zero-order chi connectivity index (χ0) is 16.9. The van der Waals surface area contributed by atoms with Crippen LogP contribution in [0.15, 0.2) is 11.6 Å². The fourth-order valence-corrected chi connectivity index (χ4v) is 8.20. The molecule has 128 valence electrons. The molecule has 0 saturated heterocycles. The largest absolute Gasteiger partial charge is 0.295 e. The molecule has 4 saturated carbocycles. The Morgan fingerprint density at radius 1 is 1.17 bits per heavy atom. The van der Waals surface area contributed by atoms with Crippen molar-refractivity contribution in [2.75, 3.05) is 0 Å². The van der Waals surface area contributed by atoms with E-state index in [-0.39, 0.29) is 10.8 Å². The van der Waals surface area contributed by atoms with Crippen LogP contribution in [0.25, 0.3) is 0 Å². The summed E-state index contributed by atoms with van der Waals surface area (Å²) in [6.07, 6.45) is 8.88. The average Bonchev–Trinajstić information content (AvgIpc) is 3.24. The molecule has 0 bridgehead atoms. The summed E-state index contributed by atoms with van der Waals surface area (Å²) >= 11 is 0. The molecule has 5 aliphatic carbocycles. The molecule has 0 aromatic rings. The highest BCUT2D eigenvalue weighted by Crippen LogP contribution is 2.75. The maximum absolute atomic E-state index is 12.0. The first-order valence-electron chi connectivity index (χ1n) is 10.0. The first-order valence-corrected chi connectivity index (χ1v) is 10.0. The Bertz CT molecular complexity index is 687. The predicted octanol–water partition coefficient (Wildman–Crippen LogP) is 4.76. The van der Waals surface area contributed by atoms with Crippen molar-refractivity contribution < 1.29 is 4.79 Å². The molecule has 0 radical (unpaired) electrons. The fraction of sp³-hybridized carbons (Fsp3) is 0.818. The van der Waals surface area contributed by atoms with Crippen LogP contribution in [-0.4, -0.2) is 5.78 Å². The van der Waals surface area contributed by atoms with E-state index in [9.17, 15) is 10.1 Å². The van der Waals surface area contributed by atoms with E-state index in [1.165, 1.54) is 31.3 Å². The van der Waals surface area contributed by atoms with E-state index in [1.54, 1.807) is 0 Å². The van der Waals surface area contributed by atoms with Gasteiger partial charge in [-0.15, -0.1) is 0 Å². The highest BCUT2D eigenvalue weighted by molar-refractivity contribution is 5.91. The number of allylic oxidation sites excluding steroid dienone is 1.